The third-order valence-electron chi connectivity index (χ3n) is 3.50. The number of carbonyl (C=O) groups is 1. The topological polar surface area (TPSA) is 29.1 Å². The first-order valence-corrected chi connectivity index (χ1v) is 7.51. The van der Waals surface area contributed by atoms with Gasteiger partial charge in [-0.15, -0.1) is 12.6 Å². The zero-order valence-corrected chi connectivity index (χ0v) is 13.1. The number of anilines is 2. The van der Waals surface area contributed by atoms with Crippen molar-refractivity contribution in [3.63, 3.8) is 0 Å². The number of benzene rings is 3. The minimum atomic E-state index is -0.299. The number of hydrogen-bond acceptors (Lipinski definition) is 3. The summed E-state index contributed by atoms with van der Waals surface area (Å²) in [4.78, 5) is 12.1. The SMILES string of the molecule is O=Cc1ccc(-c2ccc(S)cc2)cc1Nc1ccc(F)cc1. The van der Waals surface area contributed by atoms with Crippen molar-refractivity contribution in [2.45, 2.75) is 4.90 Å². The summed E-state index contributed by atoms with van der Waals surface area (Å²) in [5.74, 6) is -0.299. The lowest BCUT2D eigenvalue weighted by Gasteiger charge is -2.11. The first-order valence-electron chi connectivity index (χ1n) is 7.07. The summed E-state index contributed by atoms with van der Waals surface area (Å²) in [6.45, 7) is 0. The van der Waals surface area contributed by atoms with Gasteiger partial charge in [0.15, 0.2) is 6.29 Å². The van der Waals surface area contributed by atoms with E-state index < -0.39 is 0 Å². The van der Waals surface area contributed by atoms with Gasteiger partial charge >= 0.3 is 0 Å². The molecule has 0 bridgehead atoms. The van der Waals surface area contributed by atoms with E-state index in [9.17, 15) is 9.18 Å². The van der Waals surface area contributed by atoms with Crippen LogP contribution in [0.25, 0.3) is 11.1 Å². The average molecular weight is 323 g/mol. The summed E-state index contributed by atoms with van der Waals surface area (Å²) in [7, 11) is 0. The van der Waals surface area contributed by atoms with Crippen molar-refractivity contribution in [3.8, 4) is 11.1 Å². The third kappa shape index (κ3) is 3.60. The van der Waals surface area contributed by atoms with Gasteiger partial charge < -0.3 is 5.32 Å². The molecule has 0 atom stereocenters. The van der Waals surface area contributed by atoms with Crippen LogP contribution in [-0.2, 0) is 0 Å². The van der Waals surface area contributed by atoms with Gasteiger partial charge in [0.2, 0.25) is 0 Å². The molecule has 0 radical (unpaired) electrons. The first kappa shape index (κ1) is 15.3. The first-order chi connectivity index (χ1) is 11.2. The lowest BCUT2D eigenvalue weighted by molar-refractivity contribution is 0.112. The minimum absolute atomic E-state index is 0.299. The molecule has 0 saturated heterocycles. The molecule has 0 spiro atoms. The second kappa shape index (κ2) is 6.67. The summed E-state index contributed by atoms with van der Waals surface area (Å²) in [6.07, 6.45) is 0.798. The van der Waals surface area contributed by atoms with E-state index >= 15 is 0 Å². The summed E-state index contributed by atoms with van der Waals surface area (Å²) in [5, 5.41) is 3.16. The van der Waals surface area contributed by atoms with Gasteiger partial charge in [0.05, 0.1) is 0 Å². The number of rotatable bonds is 4. The van der Waals surface area contributed by atoms with Crippen molar-refractivity contribution in [3.05, 3.63) is 78.1 Å². The van der Waals surface area contributed by atoms with E-state index in [-0.39, 0.29) is 5.82 Å². The Morgan fingerprint density at radius 3 is 2.17 bits per heavy atom. The normalized spacial score (nSPS) is 10.3. The summed E-state index contributed by atoms with van der Waals surface area (Å²) < 4.78 is 13.0. The number of hydrogen-bond donors (Lipinski definition) is 2. The van der Waals surface area contributed by atoms with E-state index in [1.165, 1.54) is 12.1 Å². The van der Waals surface area contributed by atoms with Crippen LogP contribution >= 0.6 is 12.6 Å². The molecule has 0 aromatic heterocycles. The van der Waals surface area contributed by atoms with Crippen molar-refractivity contribution in [2.24, 2.45) is 0 Å². The molecule has 1 N–H and O–H groups in total. The Morgan fingerprint density at radius 2 is 1.52 bits per heavy atom. The molecule has 0 aliphatic rings. The van der Waals surface area contributed by atoms with E-state index in [1.807, 2.05) is 36.4 Å². The molecule has 0 fully saturated rings. The van der Waals surface area contributed by atoms with E-state index in [4.69, 9.17) is 0 Å². The number of aldehydes is 1. The van der Waals surface area contributed by atoms with Crippen molar-refractivity contribution in [1.82, 2.24) is 0 Å². The van der Waals surface area contributed by atoms with E-state index in [0.29, 0.717) is 11.3 Å². The van der Waals surface area contributed by atoms with Crippen LogP contribution in [0.15, 0.2) is 71.6 Å². The largest absolute Gasteiger partial charge is 0.355 e. The number of nitrogens with one attached hydrogen (secondary N) is 1. The Morgan fingerprint density at radius 1 is 0.870 bits per heavy atom. The summed E-state index contributed by atoms with van der Waals surface area (Å²) in [6, 6.07) is 19.4. The third-order valence-corrected chi connectivity index (χ3v) is 3.80. The molecule has 0 amide bonds. The Kier molecular flexibility index (Phi) is 4.44. The van der Waals surface area contributed by atoms with Crippen LogP contribution in [0.1, 0.15) is 10.4 Å². The van der Waals surface area contributed by atoms with Crippen LogP contribution in [-0.4, -0.2) is 6.29 Å². The zero-order valence-electron chi connectivity index (χ0n) is 12.2. The van der Waals surface area contributed by atoms with Crippen molar-refractivity contribution < 1.29 is 9.18 Å². The van der Waals surface area contributed by atoms with Gasteiger partial charge in [0.1, 0.15) is 5.82 Å². The zero-order chi connectivity index (χ0) is 16.2. The minimum Gasteiger partial charge on any atom is -0.355 e. The van der Waals surface area contributed by atoms with Crippen LogP contribution < -0.4 is 5.32 Å². The smallest absolute Gasteiger partial charge is 0.152 e. The maximum absolute atomic E-state index is 13.0. The van der Waals surface area contributed by atoms with E-state index in [2.05, 4.69) is 17.9 Å². The van der Waals surface area contributed by atoms with Crippen LogP contribution in [0.5, 0.6) is 0 Å². The summed E-state index contributed by atoms with van der Waals surface area (Å²) >= 11 is 4.28. The molecular weight excluding hydrogens is 309 g/mol. The quantitative estimate of drug-likeness (QED) is 0.501. The molecule has 23 heavy (non-hydrogen) atoms. The van der Waals surface area contributed by atoms with Gasteiger partial charge in [-0.2, -0.15) is 0 Å². The predicted molar refractivity (Wildman–Crippen MR) is 94.2 cm³/mol. The maximum atomic E-state index is 13.0. The Balaban J connectivity index is 1.97. The molecule has 0 unspecified atom stereocenters. The van der Waals surface area contributed by atoms with Crippen LogP contribution in [0.2, 0.25) is 0 Å². The molecule has 4 heteroatoms. The lowest BCUT2D eigenvalue weighted by atomic mass is 10.0. The number of halogens is 1. The average Bonchev–Trinajstić information content (AvgIpc) is 2.57. The maximum Gasteiger partial charge on any atom is 0.152 e. The highest BCUT2D eigenvalue weighted by Crippen LogP contribution is 2.28. The second-order valence-electron chi connectivity index (χ2n) is 5.10. The summed E-state index contributed by atoms with van der Waals surface area (Å²) in [5.41, 5.74) is 3.95. The molecule has 114 valence electrons. The number of thiol groups is 1. The number of carbonyl (C=O) groups excluding carboxylic acids is 1. The standard InChI is InChI=1S/C19H14FNOS/c20-16-5-7-17(8-6-16)21-19-11-14(1-2-15(19)12-22)13-3-9-18(23)10-4-13/h1-12,21,23H. The Hall–Kier alpha value is -2.59. The molecule has 3 rings (SSSR count). The van der Waals surface area contributed by atoms with E-state index in [1.54, 1.807) is 18.2 Å². The van der Waals surface area contributed by atoms with Gasteiger partial charge in [0.25, 0.3) is 0 Å². The highest BCUT2D eigenvalue weighted by atomic mass is 32.1. The highest BCUT2D eigenvalue weighted by Gasteiger charge is 2.06. The van der Waals surface area contributed by atoms with Crippen LogP contribution in [0.3, 0.4) is 0 Å². The second-order valence-corrected chi connectivity index (χ2v) is 5.62. The van der Waals surface area contributed by atoms with Crippen molar-refractivity contribution in [2.75, 3.05) is 5.32 Å². The van der Waals surface area contributed by atoms with Crippen molar-refractivity contribution in [1.29, 1.82) is 0 Å². The van der Waals surface area contributed by atoms with Gasteiger partial charge in [-0.05, 0) is 59.7 Å². The highest BCUT2D eigenvalue weighted by molar-refractivity contribution is 7.80. The predicted octanol–water partition coefficient (Wildman–Crippen LogP) is 5.34. The fourth-order valence-electron chi connectivity index (χ4n) is 2.29. The van der Waals surface area contributed by atoms with Crippen LogP contribution in [0, 0.1) is 5.82 Å². The van der Waals surface area contributed by atoms with Crippen molar-refractivity contribution >= 4 is 30.3 Å². The van der Waals surface area contributed by atoms with E-state index in [0.717, 1.165) is 28.0 Å². The van der Waals surface area contributed by atoms with Gasteiger partial charge in [0, 0.05) is 21.8 Å². The molecule has 0 aliphatic carbocycles. The molecule has 0 aliphatic heterocycles. The van der Waals surface area contributed by atoms with Gasteiger partial charge in [-0.25, -0.2) is 4.39 Å². The fourth-order valence-corrected chi connectivity index (χ4v) is 2.44. The Labute approximate surface area is 139 Å². The molecule has 3 aromatic carbocycles. The molecule has 0 saturated carbocycles. The molecule has 3 aromatic rings. The Bertz CT molecular complexity index is 829. The molecule has 2 nitrogen and oxygen atoms in total. The van der Waals surface area contributed by atoms with Gasteiger partial charge in [-0.3, -0.25) is 4.79 Å². The lowest BCUT2D eigenvalue weighted by Crippen LogP contribution is -1.96. The van der Waals surface area contributed by atoms with Gasteiger partial charge in [-0.1, -0.05) is 18.2 Å². The monoisotopic (exact) mass is 323 g/mol. The fraction of sp³-hybridized carbons (Fsp3) is 0. The molecular formula is C19H14FNOS. The van der Waals surface area contributed by atoms with Crippen LogP contribution in [0.4, 0.5) is 15.8 Å². The molecule has 0 heterocycles.